The SMILES string of the molecule is CNc1ccc(C(c2ccccc2)c2ccc(C)cc2)cc1C(=O)O. The number of hydrogen-bond acceptors (Lipinski definition) is 2. The van der Waals surface area contributed by atoms with Crippen LogP contribution in [0.5, 0.6) is 0 Å². The van der Waals surface area contributed by atoms with Crippen molar-refractivity contribution in [2.45, 2.75) is 12.8 Å². The Morgan fingerprint density at radius 2 is 1.48 bits per heavy atom. The Balaban J connectivity index is 2.17. The molecule has 3 aromatic rings. The molecular weight excluding hydrogens is 310 g/mol. The van der Waals surface area contributed by atoms with E-state index in [0.717, 1.165) is 16.7 Å². The lowest BCUT2D eigenvalue weighted by Crippen LogP contribution is -2.08. The van der Waals surface area contributed by atoms with Gasteiger partial charge in [-0.3, -0.25) is 0 Å². The van der Waals surface area contributed by atoms with Gasteiger partial charge in [-0.1, -0.05) is 66.2 Å². The molecule has 1 unspecified atom stereocenters. The van der Waals surface area contributed by atoms with Crippen molar-refractivity contribution >= 4 is 11.7 Å². The molecule has 0 bridgehead atoms. The molecule has 2 N–H and O–H groups in total. The van der Waals surface area contributed by atoms with Crippen LogP contribution in [0.1, 0.15) is 38.5 Å². The topological polar surface area (TPSA) is 49.3 Å². The van der Waals surface area contributed by atoms with Gasteiger partial charge in [0.05, 0.1) is 5.56 Å². The summed E-state index contributed by atoms with van der Waals surface area (Å²) in [4.78, 5) is 11.6. The van der Waals surface area contributed by atoms with Crippen LogP contribution < -0.4 is 5.32 Å². The lowest BCUT2D eigenvalue weighted by Gasteiger charge is -2.20. The van der Waals surface area contributed by atoms with E-state index >= 15 is 0 Å². The normalized spacial score (nSPS) is 11.8. The molecule has 0 saturated heterocycles. The van der Waals surface area contributed by atoms with Gasteiger partial charge in [0, 0.05) is 18.7 Å². The maximum atomic E-state index is 11.6. The van der Waals surface area contributed by atoms with Crippen molar-refractivity contribution in [3.8, 4) is 0 Å². The van der Waals surface area contributed by atoms with Crippen molar-refractivity contribution in [1.82, 2.24) is 0 Å². The van der Waals surface area contributed by atoms with Crippen molar-refractivity contribution in [3.63, 3.8) is 0 Å². The number of benzene rings is 3. The Morgan fingerprint density at radius 1 is 0.880 bits per heavy atom. The molecule has 25 heavy (non-hydrogen) atoms. The molecule has 0 saturated carbocycles. The van der Waals surface area contributed by atoms with Crippen molar-refractivity contribution in [2.24, 2.45) is 0 Å². The molecule has 0 radical (unpaired) electrons. The maximum Gasteiger partial charge on any atom is 0.337 e. The molecule has 1 atom stereocenters. The number of carboxylic acids is 1. The molecule has 126 valence electrons. The molecular formula is C22H21NO2. The van der Waals surface area contributed by atoms with E-state index < -0.39 is 5.97 Å². The van der Waals surface area contributed by atoms with Gasteiger partial charge in [0.2, 0.25) is 0 Å². The fourth-order valence-electron chi connectivity index (χ4n) is 3.12. The van der Waals surface area contributed by atoms with Crippen LogP contribution >= 0.6 is 0 Å². The summed E-state index contributed by atoms with van der Waals surface area (Å²) in [5.41, 5.74) is 5.35. The third kappa shape index (κ3) is 3.56. The van der Waals surface area contributed by atoms with E-state index in [-0.39, 0.29) is 11.5 Å². The monoisotopic (exact) mass is 331 g/mol. The van der Waals surface area contributed by atoms with E-state index in [4.69, 9.17) is 0 Å². The summed E-state index contributed by atoms with van der Waals surface area (Å²) >= 11 is 0. The predicted molar refractivity (Wildman–Crippen MR) is 102 cm³/mol. The summed E-state index contributed by atoms with van der Waals surface area (Å²) in [6, 6.07) is 24.2. The number of nitrogens with one attached hydrogen (secondary N) is 1. The Bertz CT molecular complexity index is 870. The first-order valence-electron chi connectivity index (χ1n) is 8.26. The Hall–Kier alpha value is -3.07. The van der Waals surface area contributed by atoms with E-state index in [1.54, 1.807) is 13.1 Å². The standard InChI is InChI=1S/C22H21NO2/c1-15-8-10-17(11-9-15)21(16-6-4-3-5-7-16)18-12-13-20(23-2)19(14-18)22(24)25/h3-14,21,23H,1-2H3,(H,24,25). The third-order valence-corrected chi connectivity index (χ3v) is 4.42. The van der Waals surface area contributed by atoms with Crippen LogP contribution in [-0.4, -0.2) is 18.1 Å². The summed E-state index contributed by atoms with van der Waals surface area (Å²) in [5, 5.41) is 12.5. The van der Waals surface area contributed by atoms with Gasteiger partial charge in [-0.05, 0) is 35.7 Å². The molecule has 0 fully saturated rings. The van der Waals surface area contributed by atoms with Crippen molar-refractivity contribution in [2.75, 3.05) is 12.4 Å². The number of aromatic carboxylic acids is 1. The molecule has 3 heteroatoms. The van der Waals surface area contributed by atoms with E-state index in [0.29, 0.717) is 5.69 Å². The van der Waals surface area contributed by atoms with E-state index in [1.165, 1.54) is 5.56 Å². The number of aryl methyl sites for hydroxylation is 1. The first kappa shape index (κ1) is 16.8. The first-order valence-corrected chi connectivity index (χ1v) is 8.26. The van der Waals surface area contributed by atoms with Crippen molar-refractivity contribution < 1.29 is 9.90 Å². The van der Waals surface area contributed by atoms with E-state index in [9.17, 15) is 9.90 Å². The van der Waals surface area contributed by atoms with Crippen LogP contribution in [0.4, 0.5) is 5.69 Å². The van der Waals surface area contributed by atoms with Crippen LogP contribution in [0.2, 0.25) is 0 Å². The Morgan fingerprint density at radius 3 is 2.08 bits per heavy atom. The highest BCUT2D eigenvalue weighted by molar-refractivity contribution is 5.94. The number of hydrogen-bond donors (Lipinski definition) is 2. The zero-order valence-electron chi connectivity index (χ0n) is 14.4. The average molecular weight is 331 g/mol. The number of carboxylic acid groups (broad SMARTS) is 1. The predicted octanol–water partition coefficient (Wildman–Crippen LogP) is 4.92. The lowest BCUT2D eigenvalue weighted by molar-refractivity contribution is 0.0698. The highest BCUT2D eigenvalue weighted by Gasteiger charge is 2.19. The van der Waals surface area contributed by atoms with Crippen LogP contribution in [-0.2, 0) is 0 Å². The average Bonchev–Trinajstić information content (AvgIpc) is 2.64. The first-order chi connectivity index (χ1) is 12.1. The molecule has 0 aliphatic carbocycles. The second-order valence-electron chi connectivity index (χ2n) is 6.11. The van der Waals surface area contributed by atoms with E-state index in [1.807, 2.05) is 30.3 Å². The zero-order valence-corrected chi connectivity index (χ0v) is 14.4. The Kier molecular flexibility index (Phi) is 4.85. The van der Waals surface area contributed by atoms with Gasteiger partial charge in [0.1, 0.15) is 0 Å². The molecule has 3 aromatic carbocycles. The highest BCUT2D eigenvalue weighted by Crippen LogP contribution is 2.34. The number of carbonyl (C=O) groups is 1. The summed E-state index contributed by atoms with van der Waals surface area (Å²) in [6.07, 6.45) is 0. The van der Waals surface area contributed by atoms with Crippen molar-refractivity contribution in [1.29, 1.82) is 0 Å². The zero-order chi connectivity index (χ0) is 17.8. The molecule has 0 amide bonds. The molecule has 0 aliphatic heterocycles. The highest BCUT2D eigenvalue weighted by atomic mass is 16.4. The minimum absolute atomic E-state index is 0.00851. The fraction of sp³-hybridized carbons (Fsp3) is 0.136. The molecule has 3 rings (SSSR count). The van der Waals surface area contributed by atoms with Gasteiger partial charge in [0.15, 0.2) is 0 Å². The molecule has 0 heterocycles. The van der Waals surface area contributed by atoms with Crippen LogP contribution in [0.3, 0.4) is 0 Å². The smallest absolute Gasteiger partial charge is 0.337 e. The van der Waals surface area contributed by atoms with Crippen LogP contribution in [0.15, 0.2) is 72.8 Å². The summed E-state index contributed by atoms with van der Waals surface area (Å²) < 4.78 is 0. The van der Waals surface area contributed by atoms with Gasteiger partial charge in [-0.15, -0.1) is 0 Å². The Labute approximate surface area is 148 Å². The van der Waals surface area contributed by atoms with Gasteiger partial charge < -0.3 is 10.4 Å². The summed E-state index contributed by atoms with van der Waals surface area (Å²) in [5.74, 6) is -0.937. The van der Waals surface area contributed by atoms with E-state index in [2.05, 4.69) is 48.6 Å². The summed E-state index contributed by atoms with van der Waals surface area (Å²) in [7, 11) is 1.73. The minimum atomic E-state index is -0.929. The number of anilines is 1. The second kappa shape index (κ2) is 7.22. The van der Waals surface area contributed by atoms with Gasteiger partial charge in [0.25, 0.3) is 0 Å². The molecule has 0 aliphatic rings. The number of rotatable bonds is 5. The molecule has 0 spiro atoms. The lowest BCUT2D eigenvalue weighted by atomic mass is 9.84. The quantitative estimate of drug-likeness (QED) is 0.653. The van der Waals surface area contributed by atoms with Gasteiger partial charge in [-0.2, -0.15) is 0 Å². The maximum absolute atomic E-state index is 11.6. The summed E-state index contributed by atoms with van der Waals surface area (Å²) in [6.45, 7) is 2.06. The van der Waals surface area contributed by atoms with Crippen molar-refractivity contribution in [3.05, 3.63) is 101 Å². The third-order valence-electron chi connectivity index (χ3n) is 4.42. The minimum Gasteiger partial charge on any atom is -0.478 e. The fourth-order valence-corrected chi connectivity index (χ4v) is 3.12. The molecule has 3 nitrogen and oxygen atoms in total. The largest absolute Gasteiger partial charge is 0.478 e. The molecule has 0 aromatic heterocycles. The van der Waals surface area contributed by atoms with Gasteiger partial charge >= 0.3 is 5.97 Å². The van der Waals surface area contributed by atoms with Crippen LogP contribution in [0, 0.1) is 6.92 Å². The second-order valence-corrected chi connectivity index (χ2v) is 6.11. The van der Waals surface area contributed by atoms with Gasteiger partial charge in [-0.25, -0.2) is 4.79 Å². The van der Waals surface area contributed by atoms with Crippen LogP contribution in [0.25, 0.3) is 0 Å².